The molecule has 5 heteroatoms. The van der Waals surface area contributed by atoms with Crippen LogP contribution in [0.1, 0.15) is 25.0 Å². The standard InChI is InChI=1S/C13H18N2O3/c1-3-18-15-9(2)11-6-4-10(5-7-11)8-12(14)13(16)17/h4-7,12H,3,8,14H2,1-2H3,(H,16,17)/b15-9-. The molecule has 0 aliphatic heterocycles. The van der Waals surface area contributed by atoms with Gasteiger partial charge >= 0.3 is 5.97 Å². The van der Waals surface area contributed by atoms with Gasteiger partial charge in [0.2, 0.25) is 0 Å². The number of benzene rings is 1. The second-order valence-electron chi connectivity index (χ2n) is 3.94. The van der Waals surface area contributed by atoms with Gasteiger partial charge in [0.05, 0.1) is 5.71 Å². The molecule has 0 saturated heterocycles. The third-order valence-electron chi connectivity index (χ3n) is 2.48. The van der Waals surface area contributed by atoms with E-state index in [-0.39, 0.29) is 0 Å². The van der Waals surface area contributed by atoms with E-state index < -0.39 is 12.0 Å². The maximum atomic E-state index is 10.6. The minimum atomic E-state index is -0.992. The van der Waals surface area contributed by atoms with Crippen molar-refractivity contribution < 1.29 is 14.7 Å². The lowest BCUT2D eigenvalue weighted by atomic mass is 10.0. The van der Waals surface area contributed by atoms with Gasteiger partial charge in [-0.3, -0.25) is 4.79 Å². The third kappa shape index (κ3) is 4.18. The second kappa shape index (κ2) is 6.76. The first kappa shape index (κ1) is 14.2. The average molecular weight is 250 g/mol. The summed E-state index contributed by atoms with van der Waals surface area (Å²) in [6, 6.07) is 6.59. The summed E-state index contributed by atoms with van der Waals surface area (Å²) in [6.07, 6.45) is 0.317. The molecule has 0 radical (unpaired) electrons. The van der Waals surface area contributed by atoms with Gasteiger partial charge < -0.3 is 15.7 Å². The van der Waals surface area contributed by atoms with Crippen molar-refractivity contribution in [3.05, 3.63) is 35.4 Å². The Morgan fingerprint density at radius 2 is 2.06 bits per heavy atom. The lowest BCUT2D eigenvalue weighted by molar-refractivity contribution is -0.138. The van der Waals surface area contributed by atoms with E-state index >= 15 is 0 Å². The lowest BCUT2D eigenvalue weighted by Crippen LogP contribution is -2.32. The van der Waals surface area contributed by atoms with Crippen LogP contribution in [-0.4, -0.2) is 29.4 Å². The molecule has 5 nitrogen and oxygen atoms in total. The van der Waals surface area contributed by atoms with Gasteiger partial charge in [-0.15, -0.1) is 0 Å². The summed E-state index contributed by atoms with van der Waals surface area (Å²) >= 11 is 0. The van der Waals surface area contributed by atoms with Gasteiger partial charge in [-0.25, -0.2) is 0 Å². The maximum absolute atomic E-state index is 10.6. The Balaban J connectivity index is 2.71. The van der Waals surface area contributed by atoms with Crippen LogP contribution >= 0.6 is 0 Å². The number of nitrogens with zero attached hydrogens (tertiary/aromatic N) is 1. The largest absolute Gasteiger partial charge is 0.480 e. The molecule has 0 spiro atoms. The van der Waals surface area contributed by atoms with Gasteiger partial charge in [0.25, 0.3) is 0 Å². The highest BCUT2D eigenvalue weighted by Gasteiger charge is 2.11. The van der Waals surface area contributed by atoms with Crippen LogP contribution in [0.4, 0.5) is 0 Å². The summed E-state index contributed by atoms with van der Waals surface area (Å²) in [5, 5.41) is 12.7. The highest BCUT2D eigenvalue weighted by Crippen LogP contribution is 2.08. The van der Waals surface area contributed by atoms with Crippen LogP contribution in [0.5, 0.6) is 0 Å². The van der Waals surface area contributed by atoms with E-state index in [0.29, 0.717) is 13.0 Å². The van der Waals surface area contributed by atoms with Gasteiger partial charge in [0.1, 0.15) is 12.6 Å². The van der Waals surface area contributed by atoms with Gasteiger partial charge in [-0.05, 0) is 31.4 Å². The highest BCUT2D eigenvalue weighted by molar-refractivity contribution is 5.98. The van der Waals surface area contributed by atoms with Crippen molar-refractivity contribution in [3.63, 3.8) is 0 Å². The Kier molecular flexibility index (Phi) is 5.32. The van der Waals surface area contributed by atoms with Crippen LogP contribution in [0.15, 0.2) is 29.4 Å². The molecule has 1 aromatic carbocycles. The Bertz CT molecular complexity index is 426. The summed E-state index contributed by atoms with van der Waals surface area (Å²) in [5.74, 6) is -0.992. The van der Waals surface area contributed by atoms with Crippen LogP contribution < -0.4 is 5.73 Å². The minimum absolute atomic E-state index is 0.317. The summed E-state index contributed by atoms with van der Waals surface area (Å²) in [6.45, 7) is 4.25. The van der Waals surface area contributed by atoms with Crippen LogP contribution in [0, 0.1) is 0 Å². The quantitative estimate of drug-likeness (QED) is 0.590. The zero-order valence-corrected chi connectivity index (χ0v) is 10.6. The second-order valence-corrected chi connectivity index (χ2v) is 3.94. The van der Waals surface area contributed by atoms with E-state index in [1.165, 1.54) is 0 Å². The van der Waals surface area contributed by atoms with E-state index in [4.69, 9.17) is 15.7 Å². The normalized spacial score (nSPS) is 13.2. The van der Waals surface area contributed by atoms with E-state index in [2.05, 4.69) is 5.16 Å². The van der Waals surface area contributed by atoms with E-state index in [1.807, 2.05) is 38.1 Å². The summed E-state index contributed by atoms with van der Waals surface area (Å²) < 4.78 is 0. The Labute approximate surface area is 106 Å². The number of carboxylic acids is 1. The van der Waals surface area contributed by atoms with Crippen molar-refractivity contribution >= 4 is 11.7 Å². The van der Waals surface area contributed by atoms with Crippen LogP contribution in [-0.2, 0) is 16.1 Å². The summed E-state index contributed by atoms with van der Waals surface area (Å²) in [5.41, 5.74) is 8.08. The maximum Gasteiger partial charge on any atom is 0.320 e. The number of nitrogens with two attached hydrogens (primary N) is 1. The fourth-order valence-corrected chi connectivity index (χ4v) is 1.44. The highest BCUT2D eigenvalue weighted by atomic mass is 16.6. The molecule has 0 aromatic heterocycles. The van der Waals surface area contributed by atoms with Gasteiger partial charge in [0, 0.05) is 0 Å². The van der Waals surface area contributed by atoms with Gasteiger partial charge in [-0.2, -0.15) is 0 Å². The molecule has 1 unspecified atom stereocenters. The van der Waals surface area contributed by atoms with Crippen LogP contribution in [0.2, 0.25) is 0 Å². The van der Waals surface area contributed by atoms with Gasteiger partial charge in [0.15, 0.2) is 0 Å². The number of oxime groups is 1. The van der Waals surface area contributed by atoms with Crippen molar-refractivity contribution in [2.24, 2.45) is 10.9 Å². The van der Waals surface area contributed by atoms with Crippen LogP contribution in [0.25, 0.3) is 0 Å². The first-order valence-corrected chi connectivity index (χ1v) is 5.78. The summed E-state index contributed by atoms with van der Waals surface area (Å²) in [7, 11) is 0. The van der Waals surface area contributed by atoms with Crippen molar-refractivity contribution in [3.8, 4) is 0 Å². The molecule has 98 valence electrons. The molecule has 18 heavy (non-hydrogen) atoms. The first-order valence-electron chi connectivity index (χ1n) is 5.78. The smallest absolute Gasteiger partial charge is 0.320 e. The molecule has 0 aliphatic carbocycles. The number of hydrogen-bond acceptors (Lipinski definition) is 4. The molecular formula is C13H18N2O3. The molecule has 0 fully saturated rings. The third-order valence-corrected chi connectivity index (χ3v) is 2.48. The van der Waals surface area contributed by atoms with Crippen LogP contribution in [0.3, 0.4) is 0 Å². The van der Waals surface area contributed by atoms with Crippen molar-refractivity contribution in [1.29, 1.82) is 0 Å². The van der Waals surface area contributed by atoms with Crippen molar-refractivity contribution in [1.82, 2.24) is 0 Å². The predicted molar refractivity (Wildman–Crippen MR) is 69.6 cm³/mol. The monoisotopic (exact) mass is 250 g/mol. The Hall–Kier alpha value is -1.88. The predicted octanol–water partition coefficient (Wildman–Crippen LogP) is 1.40. The molecule has 0 heterocycles. The molecule has 1 atom stereocenters. The number of carboxylic acid groups (broad SMARTS) is 1. The first-order chi connectivity index (χ1) is 8.54. The molecule has 3 N–H and O–H groups in total. The Morgan fingerprint density at radius 1 is 1.44 bits per heavy atom. The SMILES string of the molecule is CCO/N=C(/C)c1ccc(CC(N)C(=O)O)cc1. The molecule has 0 saturated carbocycles. The molecule has 0 amide bonds. The number of hydrogen-bond donors (Lipinski definition) is 2. The topological polar surface area (TPSA) is 84.9 Å². The number of aliphatic carboxylic acids is 1. The zero-order chi connectivity index (χ0) is 13.5. The lowest BCUT2D eigenvalue weighted by Gasteiger charge is -2.07. The fraction of sp³-hybridized carbons (Fsp3) is 0.385. The van der Waals surface area contributed by atoms with Gasteiger partial charge in [-0.1, -0.05) is 29.4 Å². The molecule has 0 bridgehead atoms. The summed E-state index contributed by atoms with van der Waals surface area (Å²) in [4.78, 5) is 15.6. The van der Waals surface area contributed by atoms with E-state index in [0.717, 1.165) is 16.8 Å². The Morgan fingerprint density at radius 3 is 2.56 bits per heavy atom. The number of carbonyl (C=O) groups is 1. The van der Waals surface area contributed by atoms with E-state index in [9.17, 15) is 4.79 Å². The zero-order valence-electron chi connectivity index (χ0n) is 10.6. The minimum Gasteiger partial charge on any atom is -0.480 e. The molecular weight excluding hydrogens is 232 g/mol. The molecule has 1 rings (SSSR count). The molecule has 0 aliphatic rings. The number of rotatable bonds is 6. The van der Waals surface area contributed by atoms with Crippen molar-refractivity contribution in [2.45, 2.75) is 26.3 Å². The van der Waals surface area contributed by atoms with E-state index in [1.54, 1.807) is 0 Å². The fourth-order valence-electron chi connectivity index (χ4n) is 1.44. The van der Waals surface area contributed by atoms with Crippen molar-refractivity contribution in [2.75, 3.05) is 6.61 Å². The average Bonchev–Trinajstić information content (AvgIpc) is 2.36. The molecule has 1 aromatic rings.